The summed E-state index contributed by atoms with van der Waals surface area (Å²) in [6.45, 7) is 5.28. The van der Waals surface area contributed by atoms with Crippen molar-refractivity contribution in [2.24, 2.45) is 0 Å². The van der Waals surface area contributed by atoms with Crippen LogP contribution in [0, 0.1) is 11.3 Å². The molecule has 0 radical (unpaired) electrons. The second-order valence-electron chi connectivity index (χ2n) is 5.58. The average molecular weight is 390 g/mol. The van der Waals surface area contributed by atoms with Gasteiger partial charge in [-0.3, -0.25) is 10.2 Å². The van der Waals surface area contributed by atoms with Crippen LogP contribution < -0.4 is 16.0 Å². The summed E-state index contributed by atoms with van der Waals surface area (Å²) in [6.07, 6.45) is 0. The number of carbonyl (C=O) groups excluding carboxylic acids is 1. The quantitative estimate of drug-likeness (QED) is 0.513. The second kappa shape index (κ2) is 9.49. The molecule has 0 bridgehead atoms. The SMILES string of the molecule is N#Cc1ccc(NC(=O)Nc2nnc(SCCN3CCNCC3)s2)cc1. The van der Waals surface area contributed by atoms with Crippen LogP contribution in [-0.2, 0) is 0 Å². The molecule has 26 heavy (non-hydrogen) atoms. The molecule has 136 valence electrons. The van der Waals surface area contributed by atoms with E-state index >= 15 is 0 Å². The zero-order chi connectivity index (χ0) is 18.2. The molecule has 2 heterocycles. The van der Waals surface area contributed by atoms with Crippen LogP contribution in [0.15, 0.2) is 28.6 Å². The summed E-state index contributed by atoms with van der Waals surface area (Å²) in [5.74, 6) is 0.950. The van der Waals surface area contributed by atoms with E-state index in [1.807, 2.05) is 6.07 Å². The van der Waals surface area contributed by atoms with E-state index in [-0.39, 0.29) is 6.03 Å². The lowest BCUT2D eigenvalue weighted by atomic mass is 10.2. The van der Waals surface area contributed by atoms with E-state index in [0.717, 1.165) is 42.8 Å². The van der Waals surface area contributed by atoms with Gasteiger partial charge in [0, 0.05) is 44.2 Å². The molecule has 0 aliphatic carbocycles. The monoisotopic (exact) mass is 389 g/mol. The summed E-state index contributed by atoms with van der Waals surface area (Å²) in [5, 5.41) is 26.0. The predicted molar refractivity (Wildman–Crippen MR) is 104 cm³/mol. The first-order valence-corrected chi connectivity index (χ1v) is 10.0. The molecule has 1 aliphatic heterocycles. The van der Waals surface area contributed by atoms with Gasteiger partial charge in [0.2, 0.25) is 5.13 Å². The molecular weight excluding hydrogens is 370 g/mol. The number of nitrogens with zero attached hydrogens (tertiary/aromatic N) is 4. The lowest BCUT2D eigenvalue weighted by Crippen LogP contribution is -2.44. The predicted octanol–water partition coefficient (Wildman–Crippen LogP) is 2.05. The number of carbonyl (C=O) groups is 1. The maximum absolute atomic E-state index is 12.0. The van der Waals surface area contributed by atoms with Crippen LogP contribution >= 0.6 is 23.1 Å². The lowest BCUT2D eigenvalue weighted by molar-refractivity contribution is 0.255. The van der Waals surface area contributed by atoms with Gasteiger partial charge in [-0.05, 0) is 24.3 Å². The normalized spacial score (nSPS) is 14.6. The minimum Gasteiger partial charge on any atom is -0.314 e. The topological polar surface area (TPSA) is 106 Å². The van der Waals surface area contributed by atoms with E-state index in [9.17, 15) is 4.79 Å². The number of amides is 2. The summed E-state index contributed by atoms with van der Waals surface area (Å²) in [6, 6.07) is 8.29. The highest BCUT2D eigenvalue weighted by molar-refractivity contribution is 8.01. The molecule has 2 amide bonds. The van der Waals surface area contributed by atoms with Gasteiger partial charge in [-0.1, -0.05) is 23.1 Å². The van der Waals surface area contributed by atoms with Gasteiger partial charge >= 0.3 is 6.03 Å². The number of aromatic nitrogens is 2. The zero-order valence-corrected chi connectivity index (χ0v) is 15.7. The van der Waals surface area contributed by atoms with E-state index in [1.54, 1.807) is 36.0 Å². The Morgan fingerprint density at radius 2 is 2.04 bits per heavy atom. The first-order valence-electron chi connectivity index (χ1n) is 8.20. The second-order valence-corrected chi connectivity index (χ2v) is 7.90. The number of nitriles is 1. The zero-order valence-electron chi connectivity index (χ0n) is 14.1. The summed E-state index contributed by atoms with van der Waals surface area (Å²) >= 11 is 3.01. The standard InChI is InChI=1S/C16H19N7OS2/c17-11-12-1-3-13(4-2-12)19-14(24)20-15-21-22-16(26-15)25-10-9-23-7-5-18-6-8-23/h1-4,18H,5-10H2,(H2,19,20,21,24). The Hall–Kier alpha value is -2.19. The number of urea groups is 1. The third kappa shape index (κ3) is 5.67. The van der Waals surface area contributed by atoms with Crippen LogP contribution in [0.1, 0.15) is 5.56 Å². The fraction of sp³-hybridized carbons (Fsp3) is 0.375. The number of nitrogens with one attached hydrogen (secondary N) is 3. The van der Waals surface area contributed by atoms with Gasteiger partial charge < -0.3 is 10.6 Å². The van der Waals surface area contributed by atoms with Crippen molar-refractivity contribution in [2.75, 3.05) is 49.1 Å². The van der Waals surface area contributed by atoms with E-state index in [4.69, 9.17) is 5.26 Å². The van der Waals surface area contributed by atoms with Gasteiger partial charge in [0.25, 0.3) is 0 Å². The molecule has 2 aromatic rings. The minimum atomic E-state index is -0.386. The van der Waals surface area contributed by atoms with Crippen molar-refractivity contribution < 1.29 is 4.79 Å². The Kier molecular flexibility index (Phi) is 6.79. The van der Waals surface area contributed by atoms with Crippen molar-refractivity contribution in [3.63, 3.8) is 0 Å². The molecule has 1 fully saturated rings. The highest BCUT2D eigenvalue weighted by atomic mass is 32.2. The van der Waals surface area contributed by atoms with E-state index in [2.05, 4.69) is 31.0 Å². The smallest absolute Gasteiger partial charge is 0.314 e. The fourth-order valence-electron chi connectivity index (χ4n) is 2.40. The number of benzene rings is 1. The average Bonchev–Trinajstić information content (AvgIpc) is 3.10. The van der Waals surface area contributed by atoms with Gasteiger partial charge in [-0.15, -0.1) is 10.2 Å². The molecule has 0 atom stereocenters. The first kappa shape index (κ1) is 18.6. The van der Waals surface area contributed by atoms with Gasteiger partial charge in [0.15, 0.2) is 4.34 Å². The molecule has 3 N–H and O–H groups in total. The van der Waals surface area contributed by atoms with Crippen LogP contribution in [0.4, 0.5) is 15.6 Å². The third-order valence-corrected chi connectivity index (χ3v) is 5.69. The molecule has 1 saturated heterocycles. The van der Waals surface area contributed by atoms with Crippen LogP contribution in [0.5, 0.6) is 0 Å². The van der Waals surface area contributed by atoms with Crippen molar-refractivity contribution >= 4 is 39.9 Å². The van der Waals surface area contributed by atoms with E-state index in [0.29, 0.717) is 16.4 Å². The Balaban J connectivity index is 1.42. The Morgan fingerprint density at radius 3 is 2.77 bits per heavy atom. The van der Waals surface area contributed by atoms with Crippen molar-refractivity contribution in [1.29, 1.82) is 5.26 Å². The molecule has 0 saturated carbocycles. The number of anilines is 2. The Bertz CT molecular complexity index is 766. The molecular formula is C16H19N7OS2. The summed E-state index contributed by atoms with van der Waals surface area (Å²) in [5.41, 5.74) is 1.15. The maximum atomic E-state index is 12.0. The minimum absolute atomic E-state index is 0.386. The van der Waals surface area contributed by atoms with Gasteiger partial charge in [-0.2, -0.15) is 5.26 Å². The van der Waals surface area contributed by atoms with Crippen LogP contribution in [0.2, 0.25) is 0 Å². The number of hydrogen-bond acceptors (Lipinski definition) is 8. The summed E-state index contributed by atoms with van der Waals surface area (Å²) in [7, 11) is 0. The molecule has 8 nitrogen and oxygen atoms in total. The largest absolute Gasteiger partial charge is 0.325 e. The highest BCUT2D eigenvalue weighted by Gasteiger charge is 2.11. The summed E-state index contributed by atoms with van der Waals surface area (Å²) in [4.78, 5) is 14.4. The third-order valence-electron chi connectivity index (χ3n) is 3.74. The molecule has 3 rings (SSSR count). The van der Waals surface area contributed by atoms with Crippen LogP contribution in [0.25, 0.3) is 0 Å². The van der Waals surface area contributed by atoms with Gasteiger partial charge in [0.05, 0.1) is 11.6 Å². The molecule has 0 spiro atoms. The van der Waals surface area contributed by atoms with Crippen molar-refractivity contribution in [3.8, 4) is 6.07 Å². The molecule has 1 aromatic carbocycles. The molecule has 1 aliphatic rings. The number of rotatable bonds is 6. The Labute approximate surface area is 160 Å². The van der Waals surface area contributed by atoms with Crippen LogP contribution in [-0.4, -0.2) is 59.6 Å². The molecule has 1 aromatic heterocycles. The fourth-order valence-corrected chi connectivity index (χ4v) is 4.22. The van der Waals surface area contributed by atoms with Crippen molar-refractivity contribution in [1.82, 2.24) is 20.4 Å². The first-order chi connectivity index (χ1) is 12.7. The molecule has 10 heteroatoms. The van der Waals surface area contributed by atoms with Gasteiger partial charge in [0.1, 0.15) is 0 Å². The van der Waals surface area contributed by atoms with E-state index < -0.39 is 0 Å². The lowest BCUT2D eigenvalue weighted by Gasteiger charge is -2.26. The van der Waals surface area contributed by atoms with Crippen molar-refractivity contribution in [2.45, 2.75) is 4.34 Å². The maximum Gasteiger partial charge on any atom is 0.325 e. The Morgan fingerprint density at radius 1 is 1.27 bits per heavy atom. The highest BCUT2D eigenvalue weighted by Crippen LogP contribution is 2.25. The number of thioether (sulfide) groups is 1. The van der Waals surface area contributed by atoms with Crippen molar-refractivity contribution in [3.05, 3.63) is 29.8 Å². The number of piperazine rings is 1. The number of hydrogen-bond donors (Lipinski definition) is 3. The molecule has 0 unspecified atom stereocenters. The van der Waals surface area contributed by atoms with Gasteiger partial charge in [-0.25, -0.2) is 4.79 Å². The summed E-state index contributed by atoms with van der Waals surface area (Å²) < 4.78 is 0.841. The van der Waals surface area contributed by atoms with E-state index in [1.165, 1.54) is 11.3 Å². The van der Waals surface area contributed by atoms with Crippen LogP contribution in [0.3, 0.4) is 0 Å².